The number of hydrogen-bond donors (Lipinski definition) is 0. The number of nitrogens with zero attached hydrogens (tertiary/aromatic N) is 2. The zero-order valence-electron chi connectivity index (χ0n) is 18.7. The van der Waals surface area contributed by atoms with Crippen LogP contribution in [0.15, 0.2) is 72.1 Å². The molecule has 0 aliphatic carbocycles. The quantitative estimate of drug-likeness (QED) is 0.396. The number of amides is 2. The molecule has 0 radical (unpaired) electrons. The summed E-state index contributed by atoms with van der Waals surface area (Å²) in [7, 11) is 1.64. The van der Waals surface area contributed by atoms with E-state index in [1.165, 1.54) is 5.56 Å². The molecule has 0 N–H and O–H groups in total. The number of thiophene rings is 1. The smallest absolute Gasteiger partial charge is 0.254 e. The lowest BCUT2D eigenvalue weighted by molar-refractivity contribution is -0.133. The van der Waals surface area contributed by atoms with Crippen LogP contribution in [0.5, 0.6) is 0 Å². The standard InChI is InChI=1S/C26H30N2O3S/c1-21-14-17-32-24(21)19-28(18-22-10-5-3-6-11-22)25(29)20-27(15-9-16-31-2)26(30)23-12-7-4-8-13-23/h3-8,10-14,17H,9,15-16,18-20H2,1-2H3. The molecule has 0 unspecified atom stereocenters. The van der Waals surface area contributed by atoms with E-state index in [1.54, 1.807) is 35.5 Å². The molecule has 1 aromatic heterocycles. The number of carbonyl (C=O) groups is 2. The van der Waals surface area contributed by atoms with E-state index < -0.39 is 0 Å². The molecule has 2 aromatic carbocycles. The number of carbonyl (C=O) groups excluding carboxylic acids is 2. The minimum absolute atomic E-state index is 0.0364. The summed E-state index contributed by atoms with van der Waals surface area (Å²) in [4.78, 5) is 31.3. The normalized spacial score (nSPS) is 10.7. The summed E-state index contributed by atoms with van der Waals surface area (Å²) < 4.78 is 5.16. The van der Waals surface area contributed by atoms with Gasteiger partial charge in [-0.05, 0) is 48.1 Å². The van der Waals surface area contributed by atoms with E-state index in [9.17, 15) is 9.59 Å². The molecule has 6 heteroatoms. The van der Waals surface area contributed by atoms with E-state index in [0.29, 0.717) is 38.2 Å². The number of benzene rings is 2. The van der Waals surface area contributed by atoms with Crippen LogP contribution in [-0.2, 0) is 22.6 Å². The Bertz CT molecular complexity index is 989. The molecule has 2 amide bonds. The third kappa shape index (κ3) is 6.77. The van der Waals surface area contributed by atoms with Gasteiger partial charge in [-0.2, -0.15) is 0 Å². The van der Waals surface area contributed by atoms with Gasteiger partial charge in [-0.25, -0.2) is 0 Å². The van der Waals surface area contributed by atoms with Gasteiger partial charge in [0.1, 0.15) is 6.54 Å². The first-order valence-corrected chi connectivity index (χ1v) is 11.6. The molecule has 3 rings (SSSR count). The van der Waals surface area contributed by atoms with Crippen molar-refractivity contribution in [2.24, 2.45) is 0 Å². The zero-order chi connectivity index (χ0) is 22.8. The fourth-order valence-electron chi connectivity index (χ4n) is 3.45. The van der Waals surface area contributed by atoms with Crippen LogP contribution in [0.4, 0.5) is 0 Å². The van der Waals surface area contributed by atoms with Crippen molar-refractivity contribution in [1.29, 1.82) is 0 Å². The highest BCUT2D eigenvalue weighted by Gasteiger charge is 2.23. The number of rotatable bonds is 11. The second kappa shape index (κ2) is 12.2. The van der Waals surface area contributed by atoms with Gasteiger partial charge >= 0.3 is 0 Å². The van der Waals surface area contributed by atoms with E-state index in [1.807, 2.05) is 58.8 Å². The third-order valence-corrected chi connectivity index (χ3v) is 6.29. The Balaban J connectivity index is 1.79. The number of ether oxygens (including phenoxy) is 1. The summed E-state index contributed by atoms with van der Waals surface area (Å²) >= 11 is 1.65. The topological polar surface area (TPSA) is 49.9 Å². The summed E-state index contributed by atoms with van der Waals surface area (Å²) in [5.41, 5.74) is 2.83. The van der Waals surface area contributed by atoms with Crippen LogP contribution >= 0.6 is 11.3 Å². The van der Waals surface area contributed by atoms with Gasteiger partial charge in [-0.1, -0.05) is 48.5 Å². The second-order valence-corrected chi connectivity index (χ2v) is 8.70. The van der Waals surface area contributed by atoms with Crippen LogP contribution in [0.1, 0.15) is 32.8 Å². The van der Waals surface area contributed by atoms with Crippen molar-refractivity contribution in [1.82, 2.24) is 9.80 Å². The first-order chi connectivity index (χ1) is 15.6. The zero-order valence-corrected chi connectivity index (χ0v) is 19.5. The van der Waals surface area contributed by atoms with Gasteiger partial charge in [-0.3, -0.25) is 9.59 Å². The monoisotopic (exact) mass is 450 g/mol. The van der Waals surface area contributed by atoms with Crippen molar-refractivity contribution in [2.45, 2.75) is 26.4 Å². The number of aryl methyl sites for hydroxylation is 1. The minimum atomic E-state index is -0.137. The summed E-state index contributed by atoms with van der Waals surface area (Å²) in [6, 6.07) is 21.2. The molecule has 32 heavy (non-hydrogen) atoms. The van der Waals surface area contributed by atoms with Crippen LogP contribution in [0.25, 0.3) is 0 Å². The molecule has 0 fully saturated rings. The van der Waals surface area contributed by atoms with E-state index in [2.05, 4.69) is 13.0 Å². The predicted octanol–water partition coefficient (Wildman–Crippen LogP) is 4.76. The maximum absolute atomic E-state index is 13.5. The lowest BCUT2D eigenvalue weighted by Gasteiger charge is -2.28. The van der Waals surface area contributed by atoms with Crippen molar-refractivity contribution in [2.75, 3.05) is 26.8 Å². The lowest BCUT2D eigenvalue weighted by atomic mass is 10.1. The van der Waals surface area contributed by atoms with Gasteiger partial charge < -0.3 is 14.5 Å². The minimum Gasteiger partial charge on any atom is -0.385 e. The summed E-state index contributed by atoms with van der Waals surface area (Å²) in [6.07, 6.45) is 0.672. The molecule has 168 valence electrons. The molecular formula is C26H30N2O3S. The molecule has 0 saturated carbocycles. The molecule has 0 spiro atoms. The predicted molar refractivity (Wildman–Crippen MR) is 129 cm³/mol. The lowest BCUT2D eigenvalue weighted by Crippen LogP contribution is -2.43. The molecule has 0 aliphatic heterocycles. The average Bonchev–Trinajstić information content (AvgIpc) is 3.23. The SMILES string of the molecule is COCCCN(CC(=O)N(Cc1ccccc1)Cc1sccc1C)C(=O)c1ccccc1. The van der Waals surface area contributed by atoms with Crippen molar-refractivity contribution >= 4 is 23.2 Å². The molecule has 3 aromatic rings. The molecule has 0 atom stereocenters. The Kier molecular flexibility index (Phi) is 9.01. The van der Waals surface area contributed by atoms with Gasteiger partial charge in [0.2, 0.25) is 5.91 Å². The Morgan fingerprint density at radius 1 is 0.906 bits per heavy atom. The Hall–Kier alpha value is -2.96. The molecule has 5 nitrogen and oxygen atoms in total. The highest BCUT2D eigenvalue weighted by Crippen LogP contribution is 2.20. The fraction of sp³-hybridized carbons (Fsp3) is 0.308. The van der Waals surface area contributed by atoms with Crippen LogP contribution in [0.3, 0.4) is 0 Å². The maximum Gasteiger partial charge on any atom is 0.254 e. The Morgan fingerprint density at radius 2 is 1.59 bits per heavy atom. The van der Waals surface area contributed by atoms with Gasteiger partial charge in [-0.15, -0.1) is 11.3 Å². The molecule has 0 bridgehead atoms. The maximum atomic E-state index is 13.5. The van der Waals surface area contributed by atoms with E-state index in [0.717, 1.165) is 10.4 Å². The van der Waals surface area contributed by atoms with Crippen molar-refractivity contribution in [3.63, 3.8) is 0 Å². The first kappa shape index (κ1) is 23.7. The summed E-state index contributed by atoms with van der Waals surface area (Å²) in [5, 5.41) is 2.05. The highest BCUT2D eigenvalue weighted by atomic mass is 32.1. The number of methoxy groups -OCH3 is 1. The second-order valence-electron chi connectivity index (χ2n) is 7.70. The van der Waals surface area contributed by atoms with Gasteiger partial charge in [0.15, 0.2) is 0 Å². The van der Waals surface area contributed by atoms with E-state index in [-0.39, 0.29) is 18.4 Å². The van der Waals surface area contributed by atoms with Crippen molar-refractivity contribution in [3.8, 4) is 0 Å². The van der Waals surface area contributed by atoms with Gasteiger partial charge in [0.05, 0.1) is 6.54 Å². The van der Waals surface area contributed by atoms with Crippen LogP contribution in [0, 0.1) is 6.92 Å². The largest absolute Gasteiger partial charge is 0.385 e. The summed E-state index contributed by atoms with van der Waals surface area (Å²) in [5.74, 6) is -0.203. The molecular weight excluding hydrogens is 420 g/mol. The van der Waals surface area contributed by atoms with Gasteiger partial charge in [0.25, 0.3) is 5.91 Å². The van der Waals surface area contributed by atoms with Crippen LogP contribution < -0.4 is 0 Å². The fourth-order valence-corrected chi connectivity index (χ4v) is 4.37. The summed E-state index contributed by atoms with van der Waals surface area (Å²) in [6.45, 7) is 4.13. The molecule has 0 aliphatic rings. The van der Waals surface area contributed by atoms with E-state index in [4.69, 9.17) is 4.74 Å². The first-order valence-electron chi connectivity index (χ1n) is 10.8. The molecule has 1 heterocycles. The van der Waals surface area contributed by atoms with Crippen molar-refractivity contribution in [3.05, 3.63) is 93.7 Å². The highest BCUT2D eigenvalue weighted by molar-refractivity contribution is 7.10. The van der Waals surface area contributed by atoms with Gasteiger partial charge in [0, 0.05) is 37.2 Å². The Morgan fingerprint density at radius 3 is 2.22 bits per heavy atom. The van der Waals surface area contributed by atoms with E-state index >= 15 is 0 Å². The third-order valence-electron chi connectivity index (χ3n) is 5.28. The van der Waals surface area contributed by atoms with Crippen molar-refractivity contribution < 1.29 is 14.3 Å². The molecule has 0 saturated heterocycles. The average molecular weight is 451 g/mol. The van der Waals surface area contributed by atoms with Crippen LogP contribution in [0.2, 0.25) is 0 Å². The van der Waals surface area contributed by atoms with Crippen LogP contribution in [-0.4, -0.2) is 48.4 Å². The number of hydrogen-bond acceptors (Lipinski definition) is 4. The Labute approximate surface area is 194 Å².